The molecule has 1 aliphatic rings. The highest BCUT2D eigenvalue weighted by Gasteiger charge is 2.29. The van der Waals surface area contributed by atoms with E-state index in [0.717, 1.165) is 0 Å². The highest BCUT2D eigenvalue weighted by molar-refractivity contribution is 7.98. The Morgan fingerprint density at radius 2 is 2.06 bits per heavy atom. The average Bonchev–Trinajstić information content (AvgIpc) is 2.53. The number of thioether (sulfide) groups is 1. The molecule has 0 bridgehead atoms. The summed E-state index contributed by atoms with van der Waals surface area (Å²) in [6.45, 7) is 9.65. The minimum Gasteiger partial charge on any atom is -0.310 e. The van der Waals surface area contributed by atoms with Crippen LogP contribution in [0, 0.1) is 0 Å². The van der Waals surface area contributed by atoms with E-state index in [1.54, 1.807) is 0 Å². The van der Waals surface area contributed by atoms with Crippen molar-refractivity contribution < 1.29 is 0 Å². The highest BCUT2D eigenvalue weighted by atomic mass is 32.2. The van der Waals surface area contributed by atoms with Gasteiger partial charge in [-0.1, -0.05) is 13.8 Å². The second-order valence-electron chi connectivity index (χ2n) is 4.89. The molecule has 96 valence electrons. The molecule has 1 saturated heterocycles. The Morgan fingerprint density at radius 1 is 1.31 bits per heavy atom. The minimum atomic E-state index is 0.385. The molecule has 0 radical (unpaired) electrons. The summed E-state index contributed by atoms with van der Waals surface area (Å²) in [5.41, 5.74) is 0.385. The maximum atomic E-state index is 3.77. The van der Waals surface area contributed by atoms with Gasteiger partial charge in [-0.3, -0.25) is 0 Å². The zero-order chi connectivity index (χ0) is 11.9. The zero-order valence-corrected chi connectivity index (χ0v) is 12.0. The molecule has 0 atom stereocenters. The zero-order valence-electron chi connectivity index (χ0n) is 11.2. The lowest BCUT2D eigenvalue weighted by Gasteiger charge is -2.35. The third-order valence-corrected chi connectivity index (χ3v) is 4.55. The summed E-state index contributed by atoms with van der Waals surface area (Å²) < 4.78 is 0. The SMILES string of the molecule is CCC1(CC)CN(CCCSC)CCCN1. The molecule has 1 aliphatic heterocycles. The van der Waals surface area contributed by atoms with Crippen LogP contribution in [-0.2, 0) is 0 Å². The smallest absolute Gasteiger partial charge is 0.0303 e. The van der Waals surface area contributed by atoms with Crippen LogP contribution in [0.1, 0.15) is 39.5 Å². The van der Waals surface area contributed by atoms with Crippen LogP contribution in [0.15, 0.2) is 0 Å². The van der Waals surface area contributed by atoms with Crippen molar-refractivity contribution in [3.8, 4) is 0 Å². The van der Waals surface area contributed by atoms with Gasteiger partial charge in [-0.15, -0.1) is 0 Å². The van der Waals surface area contributed by atoms with Crippen molar-refractivity contribution in [1.82, 2.24) is 10.2 Å². The van der Waals surface area contributed by atoms with Gasteiger partial charge in [0, 0.05) is 12.1 Å². The van der Waals surface area contributed by atoms with E-state index in [1.165, 1.54) is 57.6 Å². The molecule has 0 aromatic rings. The van der Waals surface area contributed by atoms with Crippen LogP contribution in [-0.4, -0.2) is 48.6 Å². The summed E-state index contributed by atoms with van der Waals surface area (Å²) >= 11 is 1.96. The van der Waals surface area contributed by atoms with Crippen LogP contribution < -0.4 is 5.32 Å². The lowest BCUT2D eigenvalue weighted by atomic mass is 9.92. The highest BCUT2D eigenvalue weighted by Crippen LogP contribution is 2.19. The number of hydrogen-bond donors (Lipinski definition) is 1. The molecule has 0 unspecified atom stereocenters. The van der Waals surface area contributed by atoms with E-state index in [4.69, 9.17) is 0 Å². The summed E-state index contributed by atoms with van der Waals surface area (Å²) in [4.78, 5) is 2.67. The first kappa shape index (κ1) is 14.3. The molecule has 2 nitrogen and oxygen atoms in total. The molecular weight excluding hydrogens is 216 g/mol. The van der Waals surface area contributed by atoms with Crippen LogP contribution >= 0.6 is 11.8 Å². The quantitative estimate of drug-likeness (QED) is 0.723. The molecule has 0 spiro atoms. The normalized spacial score (nSPS) is 21.9. The Kier molecular flexibility index (Phi) is 6.78. The van der Waals surface area contributed by atoms with Crippen LogP contribution in [0.5, 0.6) is 0 Å². The van der Waals surface area contributed by atoms with Crippen molar-refractivity contribution in [3.63, 3.8) is 0 Å². The summed E-state index contributed by atoms with van der Waals surface area (Å²) in [5, 5.41) is 3.77. The third-order valence-electron chi connectivity index (χ3n) is 3.85. The molecular formula is C13H28N2S. The lowest BCUT2D eigenvalue weighted by Crippen LogP contribution is -2.50. The monoisotopic (exact) mass is 244 g/mol. The first-order chi connectivity index (χ1) is 7.76. The Balaban J connectivity index is 2.44. The minimum absolute atomic E-state index is 0.385. The summed E-state index contributed by atoms with van der Waals surface area (Å²) in [5.74, 6) is 1.30. The summed E-state index contributed by atoms with van der Waals surface area (Å²) in [6, 6.07) is 0. The molecule has 0 saturated carbocycles. The van der Waals surface area contributed by atoms with E-state index in [1.807, 2.05) is 11.8 Å². The van der Waals surface area contributed by atoms with E-state index < -0.39 is 0 Å². The maximum absolute atomic E-state index is 3.77. The molecule has 1 rings (SSSR count). The Hall–Kier alpha value is 0.270. The van der Waals surface area contributed by atoms with Gasteiger partial charge in [0.15, 0.2) is 0 Å². The maximum Gasteiger partial charge on any atom is 0.0303 e. The Morgan fingerprint density at radius 3 is 2.69 bits per heavy atom. The van der Waals surface area contributed by atoms with Gasteiger partial charge in [-0.25, -0.2) is 0 Å². The van der Waals surface area contributed by atoms with Crippen LogP contribution in [0.25, 0.3) is 0 Å². The van der Waals surface area contributed by atoms with E-state index in [-0.39, 0.29) is 0 Å². The molecule has 3 heteroatoms. The van der Waals surface area contributed by atoms with Crippen LogP contribution in [0.4, 0.5) is 0 Å². The Bertz CT molecular complexity index is 181. The van der Waals surface area contributed by atoms with Crippen molar-refractivity contribution in [3.05, 3.63) is 0 Å². The van der Waals surface area contributed by atoms with Gasteiger partial charge < -0.3 is 10.2 Å². The van der Waals surface area contributed by atoms with Gasteiger partial charge in [-0.05, 0) is 57.3 Å². The molecule has 1 heterocycles. The van der Waals surface area contributed by atoms with Crippen molar-refractivity contribution in [1.29, 1.82) is 0 Å². The van der Waals surface area contributed by atoms with Gasteiger partial charge >= 0.3 is 0 Å². The fraction of sp³-hybridized carbons (Fsp3) is 1.00. The van der Waals surface area contributed by atoms with Crippen molar-refractivity contribution in [2.75, 3.05) is 38.2 Å². The van der Waals surface area contributed by atoms with Gasteiger partial charge in [0.2, 0.25) is 0 Å². The first-order valence-corrected chi connectivity index (χ1v) is 8.12. The van der Waals surface area contributed by atoms with Gasteiger partial charge in [0.05, 0.1) is 0 Å². The van der Waals surface area contributed by atoms with Gasteiger partial charge in [0.25, 0.3) is 0 Å². The topological polar surface area (TPSA) is 15.3 Å². The average molecular weight is 244 g/mol. The molecule has 0 amide bonds. The summed E-state index contributed by atoms with van der Waals surface area (Å²) in [7, 11) is 0. The van der Waals surface area contributed by atoms with E-state index >= 15 is 0 Å². The van der Waals surface area contributed by atoms with Crippen molar-refractivity contribution >= 4 is 11.8 Å². The van der Waals surface area contributed by atoms with E-state index in [9.17, 15) is 0 Å². The lowest BCUT2D eigenvalue weighted by molar-refractivity contribution is 0.198. The van der Waals surface area contributed by atoms with E-state index in [2.05, 4.69) is 30.3 Å². The fourth-order valence-electron chi connectivity index (χ4n) is 2.57. The van der Waals surface area contributed by atoms with Gasteiger partial charge in [0.1, 0.15) is 0 Å². The fourth-order valence-corrected chi connectivity index (χ4v) is 2.98. The number of nitrogens with one attached hydrogen (secondary N) is 1. The standard InChI is InChI=1S/C13H28N2S/c1-4-13(5-2)12-15(9-6-8-14-13)10-7-11-16-3/h14H,4-12H2,1-3H3. The number of rotatable bonds is 6. The summed E-state index contributed by atoms with van der Waals surface area (Å²) in [6.07, 6.45) is 7.35. The second-order valence-corrected chi connectivity index (χ2v) is 5.88. The van der Waals surface area contributed by atoms with Crippen molar-refractivity contribution in [2.45, 2.75) is 45.1 Å². The van der Waals surface area contributed by atoms with Crippen LogP contribution in [0.2, 0.25) is 0 Å². The molecule has 0 aromatic carbocycles. The molecule has 1 N–H and O–H groups in total. The number of nitrogens with zero attached hydrogens (tertiary/aromatic N) is 1. The van der Waals surface area contributed by atoms with E-state index in [0.29, 0.717) is 5.54 Å². The van der Waals surface area contributed by atoms with Crippen molar-refractivity contribution in [2.24, 2.45) is 0 Å². The molecule has 0 aliphatic carbocycles. The molecule has 0 aromatic heterocycles. The number of hydrogen-bond acceptors (Lipinski definition) is 3. The van der Waals surface area contributed by atoms with Crippen LogP contribution in [0.3, 0.4) is 0 Å². The third kappa shape index (κ3) is 4.27. The second kappa shape index (κ2) is 7.57. The predicted molar refractivity (Wildman–Crippen MR) is 75.4 cm³/mol. The Labute approximate surface area is 106 Å². The molecule has 16 heavy (non-hydrogen) atoms. The molecule has 1 fully saturated rings. The first-order valence-electron chi connectivity index (χ1n) is 6.72. The van der Waals surface area contributed by atoms with Gasteiger partial charge in [-0.2, -0.15) is 11.8 Å². The largest absolute Gasteiger partial charge is 0.310 e. The predicted octanol–water partition coefficient (Wildman–Crippen LogP) is 2.59.